The number of thiophene rings is 1. The summed E-state index contributed by atoms with van der Waals surface area (Å²) in [4.78, 5) is 35.7. The van der Waals surface area contributed by atoms with E-state index < -0.39 is 16.8 Å². The molecule has 3 rings (SSSR count). The van der Waals surface area contributed by atoms with Crippen LogP contribution in [0.3, 0.4) is 0 Å². The van der Waals surface area contributed by atoms with Gasteiger partial charge >= 0.3 is 5.97 Å². The van der Waals surface area contributed by atoms with Crippen LogP contribution < -0.4 is 5.32 Å². The van der Waals surface area contributed by atoms with Crippen LogP contribution in [-0.4, -0.2) is 23.4 Å². The molecular weight excluding hydrogens is 451 g/mol. The van der Waals surface area contributed by atoms with E-state index in [0.717, 1.165) is 23.0 Å². The summed E-state index contributed by atoms with van der Waals surface area (Å²) < 4.78 is 5.15. The number of hydrogen-bond donors (Lipinski definition) is 1. The Morgan fingerprint density at radius 1 is 1.17 bits per heavy atom. The van der Waals surface area contributed by atoms with E-state index in [0.29, 0.717) is 10.6 Å². The van der Waals surface area contributed by atoms with Gasteiger partial charge in [-0.25, -0.2) is 4.79 Å². The number of rotatable bonds is 6. The van der Waals surface area contributed by atoms with Gasteiger partial charge in [-0.15, -0.1) is 11.3 Å². The SMILES string of the molecule is CCOC(=O)c1c(-c2ccc(Cl)cc2)csc1NC(=O)c1ccc(Cl)c([N+](=O)[O-])c1. The van der Waals surface area contributed by atoms with E-state index in [2.05, 4.69) is 5.32 Å². The predicted octanol–water partition coefficient (Wildman–Crippen LogP) is 6.06. The molecule has 1 N–H and O–H groups in total. The second-order valence-electron chi connectivity index (χ2n) is 5.96. The van der Waals surface area contributed by atoms with Crippen molar-refractivity contribution in [3.05, 3.63) is 79.1 Å². The van der Waals surface area contributed by atoms with Gasteiger partial charge in [0, 0.05) is 27.6 Å². The van der Waals surface area contributed by atoms with Gasteiger partial charge in [0.05, 0.1) is 11.5 Å². The van der Waals surface area contributed by atoms with Crippen molar-refractivity contribution in [3.63, 3.8) is 0 Å². The number of esters is 1. The third-order valence-electron chi connectivity index (χ3n) is 4.06. The molecule has 7 nitrogen and oxygen atoms in total. The highest BCUT2D eigenvalue weighted by Gasteiger charge is 2.24. The van der Waals surface area contributed by atoms with E-state index in [1.165, 1.54) is 12.1 Å². The number of halogens is 2. The van der Waals surface area contributed by atoms with E-state index in [1.54, 1.807) is 36.6 Å². The molecule has 0 saturated carbocycles. The average molecular weight is 465 g/mol. The first-order chi connectivity index (χ1) is 14.3. The number of benzene rings is 2. The van der Waals surface area contributed by atoms with Gasteiger partial charge in [-0.05, 0) is 36.8 Å². The Bertz CT molecular complexity index is 1130. The molecule has 154 valence electrons. The number of nitro benzene ring substituents is 1. The highest BCUT2D eigenvalue weighted by molar-refractivity contribution is 7.15. The molecule has 1 amide bonds. The normalized spacial score (nSPS) is 10.5. The summed E-state index contributed by atoms with van der Waals surface area (Å²) in [7, 11) is 0. The van der Waals surface area contributed by atoms with Crippen LogP contribution in [-0.2, 0) is 4.74 Å². The number of carbonyl (C=O) groups is 2. The lowest BCUT2D eigenvalue weighted by Crippen LogP contribution is -2.15. The Labute approximate surface area is 185 Å². The van der Waals surface area contributed by atoms with Gasteiger partial charge in [0.2, 0.25) is 0 Å². The molecule has 10 heteroatoms. The molecule has 0 unspecified atom stereocenters. The van der Waals surface area contributed by atoms with Crippen LogP contribution in [0.1, 0.15) is 27.6 Å². The summed E-state index contributed by atoms with van der Waals surface area (Å²) in [5, 5.41) is 16.2. The lowest BCUT2D eigenvalue weighted by atomic mass is 10.0. The maximum Gasteiger partial charge on any atom is 0.341 e. The second-order valence-corrected chi connectivity index (χ2v) is 7.68. The quantitative estimate of drug-likeness (QED) is 0.271. The zero-order chi connectivity index (χ0) is 21.8. The Balaban J connectivity index is 1.98. The first-order valence-corrected chi connectivity index (χ1v) is 10.2. The summed E-state index contributed by atoms with van der Waals surface area (Å²) >= 11 is 12.9. The van der Waals surface area contributed by atoms with Crippen LogP contribution >= 0.6 is 34.5 Å². The minimum atomic E-state index is -0.674. The lowest BCUT2D eigenvalue weighted by Gasteiger charge is -2.09. The minimum absolute atomic E-state index is 0.0300. The van der Waals surface area contributed by atoms with Crippen molar-refractivity contribution < 1.29 is 19.2 Å². The van der Waals surface area contributed by atoms with Gasteiger partial charge < -0.3 is 10.1 Å². The summed E-state index contributed by atoms with van der Waals surface area (Å²) in [5.74, 6) is -1.22. The van der Waals surface area contributed by atoms with Crippen LogP contribution in [0.4, 0.5) is 10.7 Å². The minimum Gasteiger partial charge on any atom is -0.462 e. The Kier molecular flexibility index (Phi) is 6.71. The molecule has 30 heavy (non-hydrogen) atoms. The number of ether oxygens (including phenoxy) is 1. The predicted molar refractivity (Wildman–Crippen MR) is 117 cm³/mol. The fourth-order valence-electron chi connectivity index (χ4n) is 2.67. The molecule has 0 aliphatic carbocycles. The summed E-state index contributed by atoms with van der Waals surface area (Å²) in [6.07, 6.45) is 0. The lowest BCUT2D eigenvalue weighted by molar-refractivity contribution is -0.384. The molecule has 1 aromatic heterocycles. The summed E-state index contributed by atoms with van der Waals surface area (Å²) in [6, 6.07) is 10.6. The highest BCUT2D eigenvalue weighted by atomic mass is 35.5. The first kappa shape index (κ1) is 21.8. The van der Waals surface area contributed by atoms with Crippen molar-refractivity contribution in [3.8, 4) is 11.1 Å². The van der Waals surface area contributed by atoms with Crippen molar-refractivity contribution in [2.75, 3.05) is 11.9 Å². The fraction of sp³-hybridized carbons (Fsp3) is 0.100. The van der Waals surface area contributed by atoms with Gasteiger partial charge in [0.1, 0.15) is 15.6 Å². The monoisotopic (exact) mass is 464 g/mol. The van der Waals surface area contributed by atoms with Gasteiger partial charge in [0.15, 0.2) is 0 Å². The molecule has 0 bridgehead atoms. The third kappa shape index (κ3) is 4.62. The van der Waals surface area contributed by atoms with Crippen LogP contribution in [0, 0.1) is 10.1 Å². The number of anilines is 1. The van der Waals surface area contributed by atoms with Crippen molar-refractivity contribution in [2.24, 2.45) is 0 Å². The largest absolute Gasteiger partial charge is 0.462 e. The standard InChI is InChI=1S/C20H14Cl2N2O5S/c1-2-29-20(26)17-14(11-3-6-13(21)7-4-11)10-30-19(17)23-18(25)12-5-8-15(22)16(9-12)24(27)28/h3-10H,2H2,1H3,(H,23,25). The third-order valence-corrected chi connectivity index (χ3v) is 5.52. The molecule has 2 aromatic carbocycles. The highest BCUT2D eigenvalue weighted by Crippen LogP contribution is 2.37. The Hall–Kier alpha value is -2.94. The van der Waals surface area contributed by atoms with Gasteiger partial charge in [-0.3, -0.25) is 14.9 Å². The van der Waals surface area contributed by atoms with E-state index in [9.17, 15) is 19.7 Å². The van der Waals surface area contributed by atoms with E-state index >= 15 is 0 Å². The molecule has 0 radical (unpaired) electrons. The number of nitro groups is 1. The smallest absolute Gasteiger partial charge is 0.341 e. The molecule has 0 spiro atoms. The number of nitrogens with one attached hydrogen (secondary N) is 1. The Morgan fingerprint density at radius 3 is 2.50 bits per heavy atom. The number of hydrogen-bond acceptors (Lipinski definition) is 6. The molecule has 0 fully saturated rings. The van der Waals surface area contributed by atoms with Crippen LogP contribution in [0.5, 0.6) is 0 Å². The molecule has 3 aromatic rings. The molecule has 0 aliphatic heterocycles. The second kappa shape index (κ2) is 9.25. The van der Waals surface area contributed by atoms with Crippen molar-refractivity contribution >= 4 is 57.1 Å². The molecule has 1 heterocycles. The maximum atomic E-state index is 12.7. The van der Waals surface area contributed by atoms with Crippen molar-refractivity contribution in [1.82, 2.24) is 0 Å². The summed E-state index contributed by atoms with van der Waals surface area (Å²) in [6.45, 7) is 1.84. The van der Waals surface area contributed by atoms with E-state index in [4.69, 9.17) is 27.9 Å². The van der Waals surface area contributed by atoms with E-state index in [1.807, 2.05) is 0 Å². The molecule has 0 atom stereocenters. The van der Waals surface area contributed by atoms with E-state index in [-0.39, 0.29) is 33.4 Å². The fourth-order valence-corrected chi connectivity index (χ4v) is 3.93. The average Bonchev–Trinajstić information content (AvgIpc) is 3.12. The van der Waals surface area contributed by atoms with Crippen LogP contribution in [0.2, 0.25) is 10.0 Å². The van der Waals surface area contributed by atoms with Crippen molar-refractivity contribution in [1.29, 1.82) is 0 Å². The molecular formula is C20H14Cl2N2O5S. The summed E-state index contributed by atoms with van der Waals surface area (Å²) in [5.41, 5.74) is 1.14. The zero-order valence-corrected chi connectivity index (χ0v) is 17.8. The number of nitrogens with zero attached hydrogens (tertiary/aromatic N) is 1. The van der Waals surface area contributed by atoms with Crippen LogP contribution in [0.25, 0.3) is 11.1 Å². The van der Waals surface area contributed by atoms with Gasteiger partial charge in [-0.2, -0.15) is 0 Å². The number of carbonyl (C=O) groups excluding carboxylic acids is 2. The number of amides is 1. The zero-order valence-electron chi connectivity index (χ0n) is 15.5. The maximum absolute atomic E-state index is 12.7. The van der Waals surface area contributed by atoms with Gasteiger partial charge in [0.25, 0.3) is 11.6 Å². The topological polar surface area (TPSA) is 98.5 Å². The van der Waals surface area contributed by atoms with Crippen LogP contribution in [0.15, 0.2) is 47.8 Å². The Morgan fingerprint density at radius 2 is 1.87 bits per heavy atom. The first-order valence-electron chi connectivity index (χ1n) is 8.61. The van der Waals surface area contributed by atoms with Crippen molar-refractivity contribution in [2.45, 2.75) is 6.92 Å². The molecule has 0 saturated heterocycles. The molecule has 0 aliphatic rings. The van der Waals surface area contributed by atoms with Gasteiger partial charge in [-0.1, -0.05) is 35.3 Å².